The summed E-state index contributed by atoms with van der Waals surface area (Å²) >= 11 is 7.36. The Bertz CT molecular complexity index is 603. The number of halogens is 1. The Balaban J connectivity index is 2.16. The van der Waals surface area contributed by atoms with Gasteiger partial charge in [0, 0.05) is 22.0 Å². The third-order valence-electron chi connectivity index (χ3n) is 3.14. The predicted molar refractivity (Wildman–Crippen MR) is 91.7 cm³/mol. The molecule has 0 bridgehead atoms. The van der Waals surface area contributed by atoms with Crippen LogP contribution in [0.15, 0.2) is 52.3 Å². The van der Waals surface area contributed by atoms with Crippen molar-refractivity contribution in [2.75, 3.05) is 17.7 Å². The Labute approximate surface area is 135 Å². The van der Waals surface area contributed by atoms with Gasteiger partial charge in [-0.25, -0.2) is 0 Å². The molecule has 0 saturated carbocycles. The van der Waals surface area contributed by atoms with Gasteiger partial charge >= 0.3 is 0 Å². The van der Waals surface area contributed by atoms with E-state index in [2.05, 4.69) is 43.4 Å². The molecule has 0 fully saturated rings. The molecule has 0 aliphatic heterocycles. The first-order valence-electron chi connectivity index (χ1n) is 6.92. The largest absolute Gasteiger partial charge is 0.390 e. The summed E-state index contributed by atoms with van der Waals surface area (Å²) in [5.74, 6) is 0.235. The van der Waals surface area contributed by atoms with Crippen molar-refractivity contribution in [2.24, 2.45) is 0 Å². The minimum Gasteiger partial charge on any atom is -0.390 e. The van der Waals surface area contributed by atoms with Crippen molar-refractivity contribution in [1.82, 2.24) is 0 Å². The number of benzene rings is 2. The highest BCUT2D eigenvalue weighted by atomic mass is 35.5. The number of hydrogen-bond donors (Lipinski definition) is 2. The summed E-state index contributed by atoms with van der Waals surface area (Å²) in [7, 11) is 0. The summed E-state index contributed by atoms with van der Waals surface area (Å²) in [6, 6.07) is 14.6. The summed E-state index contributed by atoms with van der Waals surface area (Å²) in [6.45, 7) is 4.68. The van der Waals surface area contributed by atoms with Crippen LogP contribution in [0.3, 0.4) is 0 Å². The van der Waals surface area contributed by atoms with Crippen LogP contribution in [0, 0.1) is 13.8 Å². The molecule has 0 aliphatic rings. The van der Waals surface area contributed by atoms with Gasteiger partial charge in [-0.3, -0.25) is 0 Å². The summed E-state index contributed by atoms with van der Waals surface area (Å²) in [6.07, 6.45) is -0.536. The van der Waals surface area contributed by atoms with Crippen LogP contribution in [0.25, 0.3) is 0 Å². The lowest BCUT2D eigenvalue weighted by Crippen LogP contribution is -2.20. The van der Waals surface area contributed by atoms with Gasteiger partial charge in [-0.15, -0.1) is 11.6 Å². The van der Waals surface area contributed by atoms with E-state index >= 15 is 0 Å². The highest BCUT2D eigenvalue weighted by Crippen LogP contribution is 2.35. The van der Waals surface area contributed by atoms with E-state index in [1.165, 1.54) is 16.0 Å². The molecule has 4 heteroatoms. The molecular formula is C17H20ClNOS. The van der Waals surface area contributed by atoms with Crippen molar-refractivity contribution >= 4 is 29.1 Å². The normalized spacial score (nSPS) is 12.2. The Morgan fingerprint density at radius 1 is 1.14 bits per heavy atom. The van der Waals surface area contributed by atoms with Crippen LogP contribution in [-0.4, -0.2) is 23.6 Å². The Kier molecular flexibility index (Phi) is 5.97. The SMILES string of the molecule is Cc1ccc(Sc2ccccc2NCC(O)CCl)c(C)c1. The fraction of sp³-hybridized carbons (Fsp3) is 0.294. The summed E-state index contributed by atoms with van der Waals surface area (Å²) in [4.78, 5) is 2.39. The Morgan fingerprint density at radius 3 is 2.62 bits per heavy atom. The van der Waals surface area contributed by atoms with E-state index in [1.54, 1.807) is 11.8 Å². The molecule has 0 spiro atoms. The zero-order chi connectivity index (χ0) is 15.2. The lowest BCUT2D eigenvalue weighted by Gasteiger charge is -2.14. The number of alkyl halides is 1. The number of nitrogens with one attached hydrogen (secondary N) is 1. The van der Waals surface area contributed by atoms with E-state index < -0.39 is 6.10 Å². The zero-order valence-corrected chi connectivity index (χ0v) is 13.8. The molecular weight excluding hydrogens is 302 g/mol. The number of aliphatic hydroxyl groups is 1. The lowest BCUT2D eigenvalue weighted by molar-refractivity contribution is 0.211. The molecule has 0 amide bonds. The van der Waals surface area contributed by atoms with Gasteiger partial charge in [-0.1, -0.05) is 41.6 Å². The second kappa shape index (κ2) is 7.74. The number of para-hydroxylation sites is 1. The van der Waals surface area contributed by atoms with E-state index in [-0.39, 0.29) is 5.88 Å². The zero-order valence-electron chi connectivity index (χ0n) is 12.3. The van der Waals surface area contributed by atoms with Crippen LogP contribution in [0.1, 0.15) is 11.1 Å². The molecule has 112 valence electrons. The van der Waals surface area contributed by atoms with Crippen molar-refractivity contribution in [3.05, 3.63) is 53.6 Å². The monoisotopic (exact) mass is 321 g/mol. The molecule has 0 radical (unpaired) electrons. The molecule has 1 unspecified atom stereocenters. The maximum atomic E-state index is 9.57. The minimum atomic E-state index is -0.536. The number of aryl methyl sites for hydroxylation is 2. The number of anilines is 1. The van der Waals surface area contributed by atoms with E-state index in [9.17, 15) is 5.11 Å². The number of hydrogen-bond acceptors (Lipinski definition) is 3. The van der Waals surface area contributed by atoms with E-state index in [4.69, 9.17) is 11.6 Å². The molecule has 0 aromatic heterocycles. The Hall–Kier alpha value is -1.16. The molecule has 2 aromatic carbocycles. The van der Waals surface area contributed by atoms with Crippen molar-refractivity contribution in [2.45, 2.75) is 29.7 Å². The molecule has 0 saturated heterocycles. The van der Waals surface area contributed by atoms with Gasteiger partial charge in [-0.05, 0) is 37.6 Å². The highest BCUT2D eigenvalue weighted by Gasteiger charge is 2.08. The first kappa shape index (κ1) is 16.2. The second-order valence-corrected chi connectivity index (χ2v) is 6.45. The van der Waals surface area contributed by atoms with Gasteiger partial charge in [0.2, 0.25) is 0 Å². The van der Waals surface area contributed by atoms with Crippen LogP contribution < -0.4 is 5.32 Å². The van der Waals surface area contributed by atoms with Gasteiger partial charge < -0.3 is 10.4 Å². The van der Waals surface area contributed by atoms with Crippen molar-refractivity contribution in [3.8, 4) is 0 Å². The van der Waals surface area contributed by atoms with E-state index in [0.717, 1.165) is 10.6 Å². The summed E-state index contributed by atoms with van der Waals surface area (Å²) in [5.41, 5.74) is 3.57. The predicted octanol–water partition coefficient (Wildman–Crippen LogP) is 4.47. The standard InChI is InChI=1S/C17H20ClNOS/c1-12-7-8-16(13(2)9-12)21-17-6-4-3-5-15(17)19-11-14(20)10-18/h3-9,14,19-20H,10-11H2,1-2H3. The maximum Gasteiger partial charge on any atom is 0.0847 e. The molecule has 1 atom stereocenters. The third kappa shape index (κ3) is 4.67. The van der Waals surface area contributed by atoms with Gasteiger partial charge in [0.1, 0.15) is 0 Å². The third-order valence-corrected chi connectivity index (χ3v) is 4.75. The molecule has 2 N–H and O–H groups in total. The molecule has 2 aromatic rings. The first-order chi connectivity index (χ1) is 10.1. The lowest BCUT2D eigenvalue weighted by atomic mass is 10.2. The van der Waals surface area contributed by atoms with Crippen molar-refractivity contribution < 1.29 is 5.11 Å². The fourth-order valence-corrected chi connectivity index (χ4v) is 3.12. The van der Waals surface area contributed by atoms with Crippen molar-refractivity contribution in [3.63, 3.8) is 0 Å². The molecule has 2 rings (SSSR count). The quantitative estimate of drug-likeness (QED) is 0.770. The smallest absolute Gasteiger partial charge is 0.0847 e. The van der Waals surface area contributed by atoms with E-state index in [1.807, 2.05) is 18.2 Å². The van der Waals surface area contributed by atoms with Gasteiger partial charge in [0.15, 0.2) is 0 Å². The summed E-state index contributed by atoms with van der Waals surface area (Å²) < 4.78 is 0. The van der Waals surface area contributed by atoms with Gasteiger partial charge in [-0.2, -0.15) is 0 Å². The number of rotatable bonds is 6. The number of aliphatic hydroxyl groups excluding tert-OH is 1. The molecule has 2 nitrogen and oxygen atoms in total. The van der Waals surface area contributed by atoms with Gasteiger partial charge in [0.05, 0.1) is 12.0 Å². The average molecular weight is 322 g/mol. The molecule has 0 aliphatic carbocycles. The van der Waals surface area contributed by atoms with Crippen LogP contribution in [0.5, 0.6) is 0 Å². The fourth-order valence-electron chi connectivity index (χ4n) is 2.02. The van der Waals surface area contributed by atoms with Crippen LogP contribution in [-0.2, 0) is 0 Å². The van der Waals surface area contributed by atoms with E-state index in [0.29, 0.717) is 6.54 Å². The van der Waals surface area contributed by atoms with Crippen LogP contribution in [0.4, 0.5) is 5.69 Å². The summed E-state index contributed by atoms with van der Waals surface area (Å²) in [5, 5.41) is 12.8. The average Bonchev–Trinajstić information content (AvgIpc) is 2.48. The Morgan fingerprint density at radius 2 is 1.90 bits per heavy atom. The highest BCUT2D eigenvalue weighted by molar-refractivity contribution is 7.99. The van der Waals surface area contributed by atoms with Gasteiger partial charge in [0.25, 0.3) is 0 Å². The second-order valence-electron chi connectivity index (χ2n) is 5.06. The van der Waals surface area contributed by atoms with Crippen molar-refractivity contribution in [1.29, 1.82) is 0 Å². The maximum absolute atomic E-state index is 9.57. The topological polar surface area (TPSA) is 32.3 Å². The first-order valence-corrected chi connectivity index (χ1v) is 8.27. The molecule has 21 heavy (non-hydrogen) atoms. The van der Waals surface area contributed by atoms with Crippen LogP contribution in [0.2, 0.25) is 0 Å². The molecule has 0 heterocycles. The van der Waals surface area contributed by atoms with Crippen LogP contribution >= 0.6 is 23.4 Å². The minimum absolute atomic E-state index is 0.235.